The standard InChI is InChI=1S/C11H20N4S/c1-14-4-6-15(7-5-14)3-2-12-8-11-9-13-10-16-11/h9-10,12H,2-8H2,1H3. The van der Waals surface area contributed by atoms with Crippen LogP contribution >= 0.6 is 11.3 Å². The van der Waals surface area contributed by atoms with Gasteiger partial charge in [0, 0.05) is 56.9 Å². The largest absolute Gasteiger partial charge is 0.311 e. The molecule has 1 N–H and O–H groups in total. The van der Waals surface area contributed by atoms with Crippen molar-refractivity contribution in [2.75, 3.05) is 46.3 Å². The summed E-state index contributed by atoms with van der Waals surface area (Å²) in [7, 11) is 2.19. The summed E-state index contributed by atoms with van der Waals surface area (Å²) in [5.41, 5.74) is 1.89. The molecule has 0 atom stereocenters. The fraction of sp³-hybridized carbons (Fsp3) is 0.727. The molecule has 0 spiro atoms. The number of thiazole rings is 1. The summed E-state index contributed by atoms with van der Waals surface area (Å²) in [6, 6.07) is 0. The van der Waals surface area contributed by atoms with Crippen molar-refractivity contribution in [2.24, 2.45) is 0 Å². The molecule has 90 valence electrons. The van der Waals surface area contributed by atoms with Crippen molar-refractivity contribution in [2.45, 2.75) is 6.54 Å². The molecule has 0 radical (unpaired) electrons. The highest BCUT2D eigenvalue weighted by Crippen LogP contribution is 2.04. The lowest BCUT2D eigenvalue weighted by molar-refractivity contribution is 0.154. The van der Waals surface area contributed by atoms with E-state index < -0.39 is 0 Å². The lowest BCUT2D eigenvalue weighted by Crippen LogP contribution is -2.46. The Bertz CT molecular complexity index is 280. The molecule has 2 rings (SSSR count). The number of hydrogen-bond donors (Lipinski definition) is 1. The second-order valence-corrected chi connectivity index (χ2v) is 5.26. The van der Waals surface area contributed by atoms with Crippen LogP contribution in [-0.4, -0.2) is 61.1 Å². The Kier molecular flexibility index (Phi) is 4.71. The minimum absolute atomic E-state index is 0.957. The lowest BCUT2D eigenvalue weighted by Gasteiger charge is -2.32. The first-order chi connectivity index (χ1) is 7.84. The van der Waals surface area contributed by atoms with Crippen molar-refractivity contribution < 1.29 is 0 Å². The zero-order valence-corrected chi connectivity index (χ0v) is 10.7. The average molecular weight is 240 g/mol. The molecule has 0 aromatic carbocycles. The molecular weight excluding hydrogens is 220 g/mol. The number of likely N-dealkylation sites (N-methyl/N-ethyl adjacent to an activating group) is 1. The predicted molar refractivity (Wildman–Crippen MR) is 67.8 cm³/mol. The molecule has 0 unspecified atom stereocenters. The van der Waals surface area contributed by atoms with Gasteiger partial charge < -0.3 is 10.2 Å². The van der Waals surface area contributed by atoms with Gasteiger partial charge in [-0.25, -0.2) is 0 Å². The van der Waals surface area contributed by atoms with Crippen LogP contribution in [0.1, 0.15) is 4.88 Å². The van der Waals surface area contributed by atoms with E-state index in [9.17, 15) is 0 Å². The van der Waals surface area contributed by atoms with Crippen LogP contribution in [0.3, 0.4) is 0 Å². The SMILES string of the molecule is CN1CCN(CCNCc2cncs2)CC1. The molecule has 0 aliphatic carbocycles. The van der Waals surface area contributed by atoms with Gasteiger partial charge in [-0.2, -0.15) is 0 Å². The number of nitrogens with one attached hydrogen (secondary N) is 1. The Morgan fingerprint density at radius 2 is 2.19 bits per heavy atom. The minimum atomic E-state index is 0.957. The number of aromatic nitrogens is 1. The number of rotatable bonds is 5. The van der Waals surface area contributed by atoms with E-state index >= 15 is 0 Å². The summed E-state index contributed by atoms with van der Waals surface area (Å²) in [6.45, 7) is 8.01. The van der Waals surface area contributed by atoms with Crippen LogP contribution in [0.25, 0.3) is 0 Å². The quantitative estimate of drug-likeness (QED) is 0.759. The first kappa shape index (κ1) is 12.0. The van der Waals surface area contributed by atoms with E-state index in [0.717, 1.165) is 19.6 Å². The molecule has 0 saturated carbocycles. The van der Waals surface area contributed by atoms with E-state index in [2.05, 4.69) is 27.1 Å². The van der Waals surface area contributed by atoms with Crippen molar-refractivity contribution in [1.29, 1.82) is 0 Å². The highest BCUT2D eigenvalue weighted by molar-refractivity contribution is 7.09. The van der Waals surface area contributed by atoms with Crippen molar-refractivity contribution in [1.82, 2.24) is 20.1 Å². The van der Waals surface area contributed by atoms with Gasteiger partial charge in [0.25, 0.3) is 0 Å². The molecule has 0 bridgehead atoms. The Hall–Kier alpha value is -0.490. The molecule has 0 amide bonds. The van der Waals surface area contributed by atoms with Gasteiger partial charge >= 0.3 is 0 Å². The van der Waals surface area contributed by atoms with E-state index in [1.165, 1.54) is 31.1 Å². The van der Waals surface area contributed by atoms with Gasteiger partial charge in [0.2, 0.25) is 0 Å². The summed E-state index contributed by atoms with van der Waals surface area (Å²) in [5, 5.41) is 3.46. The second kappa shape index (κ2) is 6.30. The molecule has 1 aromatic heterocycles. The fourth-order valence-electron chi connectivity index (χ4n) is 1.85. The molecule has 5 heteroatoms. The van der Waals surface area contributed by atoms with Gasteiger partial charge in [-0.15, -0.1) is 11.3 Å². The molecule has 1 aliphatic heterocycles. The Labute approximate surface area is 101 Å². The van der Waals surface area contributed by atoms with Crippen LogP contribution in [0.15, 0.2) is 11.7 Å². The van der Waals surface area contributed by atoms with Crippen LogP contribution < -0.4 is 5.32 Å². The summed E-state index contributed by atoms with van der Waals surface area (Å²) in [5.74, 6) is 0. The number of nitrogens with zero attached hydrogens (tertiary/aromatic N) is 3. The zero-order valence-electron chi connectivity index (χ0n) is 9.85. The van der Waals surface area contributed by atoms with Gasteiger partial charge in [-0.1, -0.05) is 0 Å². The van der Waals surface area contributed by atoms with Crippen LogP contribution in [0.5, 0.6) is 0 Å². The Balaban J connectivity index is 1.55. The van der Waals surface area contributed by atoms with Gasteiger partial charge in [0.1, 0.15) is 0 Å². The van der Waals surface area contributed by atoms with Gasteiger partial charge in [0.05, 0.1) is 5.51 Å². The normalized spacial score (nSPS) is 19.1. The molecule has 16 heavy (non-hydrogen) atoms. The molecule has 1 aromatic rings. The van der Waals surface area contributed by atoms with E-state index in [4.69, 9.17) is 0 Å². The van der Waals surface area contributed by atoms with Crippen molar-refractivity contribution in [3.8, 4) is 0 Å². The first-order valence-electron chi connectivity index (χ1n) is 5.83. The third-order valence-corrected chi connectivity index (χ3v) is 3.76. The molecule has 1 fully saturated rings. The summed E-state index contributed by atoms with van der Waals surface area (Å²) >= 11 is 1.72. The van der Waals surface area contributed by atoms with Crippen LogP contribution in [0.4, 0.5) is 0 Å². The summed E-state index contributed by atoms with van der Waals surface area (Å²) < 4.78 is 0. The average Bonchev–Trinajstić information content (AvgIpc) is 2.80. The smallest absolute Gasteiger partial charge is 0.0794 e. The minimum Gasteiger partial charge on any atom is -0.311 e. The van der Waals surface area contributed by atoms with Crippen LogP contribution in [0.2, 0.25) is 0 Å². The van der Waals surface area contributed by atoms with E-state index in [1.54, 1.807) is 11.3 Å². The van der Waals surface area contributed by atoms with Crippen molar-refractivity contribution in [3.63, 3.8) is 0 Å². The maximum atomic E-state index is 4.06. The summed E-state index contributed by atoms with van der Waals surface area (Å²) in [4.78, 5) is 10.3. The summed E-state index contributed by atoms with van der Waals surface area (Å²) in [6.07, 6.45) is 1.94. The van der Waals surface area contributed by atoms with Gasteiger partial charge in [-0.3, -0.25) is 9.88 Å². The second-order valence-electron chi connectivity index (χ2n) is 4.29. The maximum Gasteiger partial charge on any atom is 0.0794 e. The molecule has 1 saturated heterocycles. The van der Waals surface area contributed by atoms with E-state index in [1.807, 2.05) is 11.7 Å². The number of hydrogen-bond acceptors (Lipinski definition) is 5. The van der Waals surface area contributed by atoms with Crippen molar-refractivity contribution >= 4 is 11.3 Å². The van der Waals surface area contributed by atoms with Crippen LogP contribution in [-0.2, 0) is 6.54 Å². The first-order valence-corrected chi connectivity index (χ1v) is 6.71. The number of piperazine rings is 1. The predicted octanol–water partition coefficient (Wildman–Crippen LogP) is 0.480. The highest BCUT2D eigenvalue weighted by atomic mass is 32.1. The zero-order chi connectivity index (χ0) is 11.2. The Morgan fingerprint density at radius 3 is 2.88 bits per heavy atom. The highest BCUT2D eigenvalue weighted by Gasteiger charge is 2.12. The monoisotopic (exact) mass is 240 g/mol. The van der Waals surface area contributed by atoms with Gasteiger partial charge in [-0.05, 0) is 7.05 Å². The molecule has 4 nitrogen and oxygen atoms in total. The van der Waals surface area contributed by atoms with E-state index in [-0.39, 0.29) is 0 Å². The van der Waals surface area contributed by atoms with Crippen LogP contribution in [0, 0.1) is 0 Å². The lowest BCUT2D eigenvalue weighted by atomic mass is 10.3. The topological polar surface area (TPSA) is 31.4 Å². The fourth-order valence-corrected chi connectivity index (χ4v) is 2.41. The molecule has 2 heterocycles. The third kappa shape index (κ3) is 3.83. The van der Waals surface area contributed by atoms with Crippen molar-refractivity contribution in [3.05, 3.63) is 16.6 Å². The third-order valence-electron chi connectivity index (χ3n) is 2.98. The molecule has 1 aliphatic rings. The Morgan fingerprint density at radius 1 is 1.38 bits per heavy atom. The van der Waals surface area contributed by atoms with Gasteiger partial charge in [0.15, 0.2) is 0 Å². The maximum absolute atomic E-state index is 4.06. The molecular formula is C11H20N4S. The van der Waals surface area contributed by atoms with E-state index in [0.29, 0.717) is 0 Å².